The molecule has 1 unspecified atom stereocenters. The van der Waals surface area contributed by atoms with Crippen LogP contribution < -0.4 is 5.32 Å². The fourth-order valence-electron chi connectivity index (χ4n) is 3.90. The van der Waals surface area contributed by atoms with Crippen molar-refractivity contribution in [2.75, 3.05) is 29.9 Å². The van der Waals surface area contributed by atoms with Crippen molar-refractivity contribution in [2.45, 2.75) is 25.8 Å². The Bertz CT molecular complexity index is 1160. The number of amides is 1. The van der Waals surface area contributed by atoms with Crippen LogP contribution in [0.15, 0.2) is 60.7 Å². The van der Waals surface area contributed by atoms with Gasteiger partial charge < -0.3 is 5.32 Å². The average molecular weight is 470 g/mol. The fourth-order valence-corrected chi connectivity index (χ4v) is 6.12. The first kappa shape index (κ1) is 22.6. The predicted octanol–water partition coefficient (Wildman–Crippen LogP) is 4.34. The van der Waals surface area contributed by atoms with Gasteiger partial charge in [-0.2, -0.15) is 0 Å². The number of hydrogen-bond donors (Lipinski definition) is 1. The zero-order valence-electron chi connectivity index (χ0n) is 18.2. The third-order valence-electron chi connectivity index (χ3n) is 5.56. The molecule has 4 rings (SSSR count). The molecule has 6 nitrogen and oxygen atoms in total. The Labute approximate surface area is 193 Å². The monoisotopic (exact) mass is 469 g/mol. The highest BCUT2D eigenvalue weighted by atomic mass is 32.2. The van der Waals surface area contributed by atoms with E-state index in [-0.39, 0.29) is 23.3 Å². The summed E-state index contributed by atoms with van der Waals surface area (Å²) in [5.74, 6) is 0.206. The highest BCUT2D eigenvalue weighted by Crippen LogP contribution is 2.36. The fraction of sp³-hybridized carbons (Fsp3) is 0.333. The molecule has 1 fully saturated rings. The summed E-state index contributed by atoms with van der Waals surface area (Å²) in [5, 5.41) is 3.58. The standard InChI is InChI=1S/C24H27N3O3S2/c1-17(2)22-20(18-9-5-3-6-10-18)25-24(31-22)26-23(28)21(19-11-7-4-8-12-19)27-13-15-32(29,30)16-14-27/h3-12,17,21H,13-16H2,1-2H3,(H,25,26,28). The number of thiazole rings is 1. The van der Waals surface area contributed by atoms with Gasteiger partial charge in [0, 0.05) is 23.5 Å². The lowest BCUT2D eigenvalue weighted by Crippen LogP contribution is -2.46. The van der Waals surface area contributed by atoms with Crippen LogP contribution in [0.2, 0.25) is 0 Å². The van der Waals surface area contributed by atoms with Gasteiger partial charge in [-0.3, -0.25) is 9.69 Å². The van der Waals surface area contributed by atoms with Gasteiger partial charge in [0.1, 0.15) is 6.04 Å². The van der Waals surface area contributed by atoms with Gasteiger partial charge in [0.2, 0.25) is 5.91 Å². The quantitative estimate of drug-likeness (QED) is 0.581. The third kappa shape index (κ3) is 5.09. The van der Waals surface area contributed by atoms with Crippen LogP contribution >= 0.6 is 11.3 Å². The minimum atomic E-state index is -3.04. The summed E-state index contributed by atoms with van der Waals surface area (Å²) in [6, 6.07) is 18.9. The molecule has 2 heterocycles. The minimum absolute atomic E-state index is 0.0660. The van der Waals surface area contributed by atoms with Crippen LogP contribution in [-0.4, -0.2) is 48.8 Å². The lowest BCUT2D eigenvalue weighted by molar-refractivity contribution is -0.121. The largest absolute Gasteiger partial charge is 0.300 e. The van der Waals surface area contributed by atoms with Crippen LogP contribution in [0.5, 0.6) is 0 Å². The summed E-state index contributed by atoms with van der Waals surface area (Å²) >= 11 is 1.49. The van der Waals surface area contributed by atoms with Crippen molar-refractivity contribution in [3.05, 3.63) is 71.1 Å². The Morgan fingerprint density at radius 1 is 1.00 bits per heavy atom. The van der Waals surface area contributed by atoms with Crippen molar-refractivity contribution in [2.24, 2.45) is 0 Å². The van der Waals surface area contributed by atoms with Gasteiger partial charge >= 0.3 is 0 Å². The van der Waals surface area contributed by atoms with E-state index in [0.717, 1.165) is 21.7 Å². The van der Waals surface area contributed by atoms with Crippen LogP contribution in [-0.2, 0) is 14.6 Å². The van der Waals surface area contributed by atoms with Crippen molar-refractivity contribution < 1.29 is 13.2 Å². The molecule has 1 amide bonds. The molecular formula is C24H27N3O3S2. The number of sulfone groups is 1. The molecule has 0 radical (unpaired) electrons. The zero-order chi connectivity index (χ0) is 22.7. The Morgan fingerprint density at radius 2 is 1.59 bits per heavy atom. The van der Waals surface area contributed by atoms with Crippen molar-refractivity contribution in [1.29, 1.82) is 0 Å². The SMILES string of the molecule is CC(C)c1sc(NC(=O)C(c2ccccc2)N2CCS(=O)(=O)CC2)nc1-c1ccccc1. The number of anilines is 1. The van der Waals surface area contributed by atoms with Crippen molar-refractivity contribution >= 4 is 32.2 Å². The number of benzene rings is 2. The van der Waals surface area contributed by atoms with Crippen molar-refractivity contribution in [1.82, 2.24) is 9.88 Å². The Hall–Kier alpha value is -2.55. The molecule has 0 saturated carbocycles. The molecule has 0 spiro atoms. The van der Waals surface area contributed by atoms with Crippen molar-refractivity contribution in [3.8, 4) is 11.3 Å². The topological polar surface area (TPSA) is 79.4 Å². The smallest absolute Gasteiger partial charge is 0.248 e. The first-order valence-corrected chi connectivity index (χ1v) is 13.3. The van der Waals surface area contributed by atoms with E-state index in [1.807, 2.05) is 65.6 Å². The van der Waals surface area contributed by atoms with Crippen LogP contribution in [0.25, 0.3) is 11.3 Å². The normalized spacial score (nSPS) is 17.2. The van der Waals surface area contributed by atoms with E-state index in [2.05, 4.69) is 19.2 Å². The summed E-state index contributed by atoms with van der Waals surface area (Å²) in [5.41, 5.74) is 2.75. The van der Waals surface area contributed by atoms with E-state index in [0.29, 0.717) is 18.2 Å². The second-order valence-electron chi connectivity index (χ2n) is 8.24. The van der Waals surface area contributed by atoms with Gasteiger partial charge in [-0.25, -0.2) is 13.4 Å². The number of nitrogens with one attached hydrogen (secondary N) is 1. The molecule has 0 aliphatic carbocycles. The second-order valence-corrected chi connectivity index (χ2v) is 11.6. The molecule has 2 aromatic carbocycles. The molecule has 8 heteroatoms. The van der Waals surface area contributed by atoms with Crippen LogP contribution in [0.4, 0.5) is 5.13 Å². The Balaban J connectivity index is 1.63. The zero-order valence-corrected chi connectivity index (χ0v) is 19.8. The molecular weight excluding hydrogens is 442 g/mol. The van der Waals surface area contributed by atoms with E-state index >= 15 is 0 Å². The lowest BCUT2D eigenvalue weighted by atomic mass is 10.0. The maximum absolute atomic E-state index is 13.5. The molecule has 32 heavy (non-hydrogen) atoms. The van der Waals surface area contributed by atoms with Gasteiger partial charge in [0.05, 0.1) is 17.2 Å². The number of hydrogen-bond acceptors (Lipinski definition) is 6. The predicted molar refractivity (Wildman–Crippen MR) is 130 cm³/mol. The highest BCUT2D eigenvalue weighted by molar-refractivity contribution is 7.91. The van der Waals surface area contributed by atoms with Crippen molar-refractivity contribution in [3.63, 3.8) is 0 Å². The maximum Gasteiger partial charge on any atom is 0.248 e. The number of carbonyl (C=O) groups excluding carboxylic acids is 1. The maximum atomic E-state index is 13.5. The molecule has 1 atom stereocenters. The number of aromatic nitrogens is 1. The molecule has 1 aliphatic rings. The van der Waals surface area contributed by atoms with Crippen LogP contribution in [0, 0.1) is 0 Å². The molecule has 1 aromatic heterocycles. The first-order chi connectivity index (χ1) is 15.3. The van der Waals surface area contributed by atoms with E-state index < -0.39 is 15.9 Å². The average Bonchev–Trinajstić information content (AvgIpc) is 3.20. The Kier molecular flexibility index (Phi) is 6.74. The summed E-state index contributed by atoms with van der Waals surface area (Å²) < 4.78 is 23.8. The molecule has 1 saturated heterocycles. The van der Waals surface area contributed by atoms with Gasteiger partial charge in [-0.05, 0) is 11.5 Å². The molecule has 1 N–H and O–H groups in total. The molecule has 1 aliphatic heterocycles. The third-order valence-corrected chi connectivity index (χ3v) is 8.44. The van der Waals surface area contributed by atoms with Crippen LogP contribution in [0.1, 0.15) is 36.2 Å². The van der Waals surface area contributed by atoms with Gasteiger partial charge in [0.25, 0.3) is 0 Å². The van der Waals surface area contributed by atoms with E-state index in [9.17, 15) is 13.2 Å². The van der Waals surface area contributed by atoms with Gasteiger partial charge in [0.15, 0.2) is 15.0 Å². The number of carbonyl (C=O) groups is 1. The highest BCUT2D eigenvalue weighted by Gasteiger charge is 2.33. The van der Waals surface area contributed by atoms with E-state index in [1.54, 1.807) is 0 Å². The number of rotatable bonds is 6. The van der Waals surface area contributed by atoms with E-state index in [1.165, 1.54) is 11.3 Å². The summed E-state index contributed by atoms with van der Waals surface area (Å²) in [7, 11) is -3.04. The summed E-state index contributed by atoms with van der Waals surface area (Å²) in [6.07, 6.45) is 0. The first-order valence-electron chi connectivity index (χ1n) is 10.7. The lowest BCUT2D eigenvalue weighted by Gasteiger charge is -2.33. The molecule has 3 aromatic rings. The summed E-state index contributed by atoms with van der Waals surface area (Å²) in [4.78, 5) is 21.3. The van der Waals surface area contributed by atoms with Crippen LogP contribution in [0.3, 0.4) is 0 Å². The minimum Gasteiger partial charge on any atom is -0.300 e. The number of nitrogens with zero attached hydrogens (tertiary/aromatic N) is 2. The molecule has 0 bridgehead atoms. The van der Waals surface area contributed by atoms with Gasteiger partial charge in [-0.1, -0.05) is 74.5 Å². The van der Waals surface area contributed by atoms with E-state index in [4.69, 9.17) is 4.98 Å². The second kappa shape index (κ2) is 9.52. The summed E-state index contributed by atoms with van der Waals surface area (Å²) in [6.45, 7) is 4.90. The van der Waals surface area contributed by atoms with Gasteiger partial charge in [-0.15, -0.1) is 11.3 Å². The Morgan fingerprint density at radius 3 is 2.19 bits per heavy atom. The molecule has 168 valence electrons.